The Balaban J connectivity index is 1.67. The minimum Gasteiger partial charge on any atom is -0.508 e. The average molecular weight is 414 g/mol. The van der Waals surface area contributed by atoms with Crippen molar-refractivity contribution < 1.29 is 15.0 Å². The average Bonchev–Trinajstić information content (AvgIpc) is 2.78. The van der Waals surface area contributed by atoms with Gasteiger partial charge in [0.05, 0.1) is 18.1 Å². The second kappa shape index (κ2) is 8.50. The molecule has 4 rings (SSSR count). The van der Waals surface area contributed by atoms with Gasteiger partial charge >= 0.3 is 0 Å². The van der Waals surface area contributed by atoms with Gasteiger partial charge in [-0.1, -0.05) is 48.5 Å². The van der Waals surface area contributed by atoms with E-state index in [2.05, 4.69) is 15.6 Å². The molecule has 0 atom stereocenters. The lowest BCUT2D eigenvalue weighted by Crippen LogP contribution is -2.29. The number of hydrazone groups is 1. The highest BCUT2D eigenvalue weighted by atomic mass is 16.3. The Morgan fingerprint density at radius 2 is 1.71 bits per heavy atom. The third-order valence-electron chi connectivity index (χ3n) is 4.64. The zero-order valence-electron chi connectivity index (χ0n) is 16.3. The summed E-state index contributed by atoms with van der Waals surface area (Å²) in [7, 11) is 0. The van der Waals surface area contributed by atoms with Crippen LogP contribution in [-0.2, 0) is 6.54 Å². The molecule has 1 amide bonds. The summed E-state index contributed by atoms with van der Waals surface area (Å²) in [5.74, 6) is -0.874. The third kappa shape index (κ3) is 4.27. The third-order valence-corrected chi connectivity index (χ3v) is 4.64. The molecule has 0 aliphatic carbocycles. The van der Waals surface area contributed by atoms with Crippen LogP contribution in [0.15, 0.2) is 82.7 Å². The maximum Gasteiger partial charge on any atom is 0.292 e. The second-order valence-corrected chi connectivity index (χ2v) is 6.78. The number of carbonyl (C=O) groups is 1. The molecule has 1 heterocycles. The largest absolute Gasteiger partial charge is 0.508 e. The molecule has 0 unspecified atom stereocenters. The van der Waals surface area contributed by atoms with Crippen LogP contribution < -0.4 is 11.0 Å². The van der Waals surface area contributed by atoms with Crippen molar-refractivity contribution in [3.05, 3.63) is 100.0 Å². The summed E-state index contributed by atoms with van der Waals surface area (Å²) in [5, 5.41) is 28.1. The van der Waals surface area contributed by atoms with Gasteiger partial charge < -0.3 is 10.2 Å². The summed E-state index contributed by atoms with van der Waals surface area (Å²) in [6.07, 6.45) is 1.24. The van der Waals surface area contributed by atoms with E-state index < -0.39 is 5.91 Å². The molecular weight excluding hydrogens is 396 g/mol. The number of phenols is 2. The molecule has 31 heavy (non-hydrogen) atoms. The van der Waals surface area contributed by atoms with Gasteiger partial charge in [-0.05, 0) is 23.8 Å². The van der Waals surface area contributed by atoms with E-state index in [0.29, 0.717) is 16.3 Å². The standard InChI is InChI=1S/C23H18N4O4/c28-17-11-10-16(20(29)12-17)13-24-25-22(30)21-18-8-4-5-9-19(18)23(31)27(26-21)14-15-6-2-1-3-7-15/h1-13,28-29H,14H2,(H,25,30)/b24-13+. The highest BCUT2D eigenvalue weighted by Gasteiger charge is 2.16. The number of phenolic OH excluding ortho intramolecular Hbond substituents is 2. The maximum atomic E-state index is 12.9. The predicted molar refractivity (Wildman–Crippen MR) is 116 cm³/mol. The fourth-order valence-electron chi connectivity index (χ4n) is 3.12. The normalized spacial score (nSPS) is 11.1. The van der Waals surface area contributed by atoms with Crippen LogP contribution in [0.5, 0.6) is 11.5 Å². The van der Waals surface area contributed by atoms with E-state index in [4.69, 9.17) is 0 Å². The van der Waals surface area contributed by atoms with Gasteiger partial charge in [0.25, 0.3) is 11.5 Å². The quantitative estimate of drug-likeness (QED) is 0.343. The van der Waals surface area contributed by atoms with Crippen LogP contribution in [0.4, 0.5) is 0 Å². The molecule has 0 aliphatic rings. The lowest BCUT2D eigenvalue weighted by Gasteiger charge is -2.10. The first-order chi connectivity index (χ1) is 15.0. The number of fused-ring (bicyclic) bond motifs is 1. The van der Waals surface area contributed by atoms with Gasteiger partial charge in [-0.2, -0.15) is 10.2 Å². The number of amides is 1. The number of rotatable bonds is 5. The Morgan fingerprint density at radius 3 is 2.45 bits per heavy atom. The van der Waals surface area contributed by atoms with Crippen molar-refractivity contribution in [2.45, 2.75) is 6.54 Å². The monoisotopic (exact) mass is 414 g/mol. The number of hydrogen-bond acceptors (Lipinski definition) is 6. The first kappa shape index (κ1) is 19.8. The maximum absolute atomic E-state index is 12.9. The van der Waals surface area contributed by atoms with Gasteiger partial charge in [0.2, 0.25) is 0 Å². The summed E-state index contributed by atoms with van der Waals surface area (Å²) in [5.41, 5.74) is 3.31. The van der Waals surface area contributed by atoms with Gasteiger partial charge in [0.1, 0.15) is 11.5 Å². The molecule has 0 radical (unpaired) electrons. The molecule has 0 aliphatic heterocycles. The Kier molecular flexibility index (Phi) is 5.44. The summed E-state index contributed by atoms with van der Waals surface area (Å²) in [6.45, 7) is 0.218. The van der Waals surface area contributed by atoms with E-state index in [-0.39, 0.29) is 29.3 Å². The zero-order valence-corrected chi connectivity index (χ0v) is 16.3. The number of carbonyl (C=O) groups excluding carboxylic acids is 1. The topological polar surface area (TPSA) is 117 Å². The summed E-state index contributed by atoms with van der Waals surface area (Å²) in [4.78, 5) is 25.7. The van der Waals surface area contributed by atoms with E-state index in [1.54, 1.807) is 24.3 Å². The second-order valence-electron chi connectivity index (χ2n) is 6.78. The first-order valence-electron chi connectivity index (χ1n) is 9.42. The fraction of sp³-hybridized carbons (Fsp3) is 0.0435. The fourth-order valence-corrected chi connectivity index (χ4v) is 3.12. The molecule has 1 aromatic heterocycles. The van der Waals surface area contributed by atoms with Crippen LogP contribution in [-0.4, -0.2) is 32.1 Å². The summed E-state index contributed by atoms with van der Waals surface area (Å²) in [6, 6.07) is 20.1. The molecule has 0 saturated carbocycles. The molecule has 0 bridgehead atoms. The first-order valence-corrected chi connectivity index (χ1v) is 9.42. The van der Waals surface area contributed by atoms with Gasteiger partial charge in [0, 0.05) is 17.0 Å². The summed E-state index contributed by atoms with van der Waals surface area (Å²) >= 11 is 0. The molecule has 3 aromatic carbocycles. The van der Waals surface area contributed by atoms with Crippen molar-refractivity contribution in [2.24, 2.45) is 5.10 Å². The number of aromatic hydroxyl groups is 2. The number of nitrogens with one attached hydrogen (secondary N) is 1. The van der Waals surface area contributed by atoms with Gasteiger partial charge in [-0.25, -0.2) is 10.1 Å². The minimum absolute atomic E-state index is 0.0539. The number of benzene rings is 3. The molecule has 0 spiro atoms. The highest BCUT2D eigenvalue weighted by molar-refractivity contribution is 6.05. The number of hydrogen-bond donors (Lipinski definition) is 3. The minimum atomic E-state index is -0.604. The Bertz CT molecular complexity index is 1350. The van der Waals surface area contributed by atoms with Crippen LogP contribution in [0.2, 0.25) is 0 Å². The van der Waals surface area contributed by atoms with Crippen LogP contribution in [0.3, 0.4) is 0 Å². The molecular formula is C23H18N4O4. The highest BCUT2D eigenvalue weighted by Crippen LogP contribution is 2.20. The van der Waals surface area contributed by atoms with Crippen molar-refractivity contribution in [3.8, 4) is 11.5 Å². The lowest BCUT2D eigenvalue weighted by atomic mass is 10.1. The molecule has 0 saturated heterocycles. The van der Waals surface area contributed by atoms with Gasteiger partial charge in [-0.15, -0.1) is 0 Å². The number of aromatic nitrogens is 2. The SMILES string of the molecule is O=C(N/N=C/c1ccc(O)cc1O)c1nn(Cc2ccccc2)c(=O)c2ccccc12. The zero-order chi connectivity index (χ0) is 21.8. The summed E-state index contributed by atoms with van der Waals surface area (Å²) < 4.78 is 1.25. The van der Waals surface area contributed by atoms with Gasteiger partial charge in [-0.3, -0.25) is 9.59 Å². The van der Waals surface area contributed by atoms with Crippen molar-refractivity contribution >= 4 is 22.9 Å². The molecule has 154 valence electrons. The van der Waals surface area contributed by atoms with Crippen LogP contribution >= 0.6 is 0 Å². The van der Waals surface area contributed by atoms with E-state index >= 15 is 0 Å². The van der Waals surface area contributed by atoms with Crippen LogP contribution in [0.25, 0.3) is 10.8 Å². The molecule has 8 heteroatoms. The van der Waals surface area contributed by atoms with Gasteiger partial charge in [0.15, 0.2) is 5.69 Å². The Labute approximate surface area is 176 Å². The van der Waals surface area contributed by atoms with Crippen molar-refractivity contribution in [1.29, 1.82) is 0 Å². The molecule has 8 nitrogen and oxygen atoms in total. The van der Waals surface area contributed by atoms with Crippen molar-refractivity contribution in [1.82, 2.24) is 15.2 Å². The van der Waals surface area contributed by atoms with Crippen molar-refractivity contribution in [3.63, 3.8) is 0 Å². The van der Waals surface area contributed by atoms with E-state index in [9.17, 15) is 19.8 Å². The van der Waals surface area contributed by atoms with Crippen molar-refractivity contribution in [2.75, 3.05) is 0 Å². The number of nitrogens with zero attached hydrogens (tertiary/aromatic N) is 3. The van der Waals surface area contributed by atoms with Crippen LogP contribution in [0.1, 0.15) is 21.6 Å². The van der Waals surface area contributed by atoms with E-state index in [1.807, 2.05) is 30.3 Å². The lowest BCUT2D eigenvalue weighted by molar-refractivity contribution is 0.0949. The Hall–Kier alpha value is -4.46. The van der Waals surface area contributed by atoms with E-state index in [0.717, 1.165) is 11.6 Å². The Morgan fingerprint density at radius 1 is 1.00 bits per heavy atom. The smallest absolute Gasteiger partial charge is 0.292 e. The molecule has 3 N–H and O–H groups in total. The van der Waals surface area contributed by atoms with E-state index in [1.165, 1.54) is 23.0 Å². The molecule has 0 fully saturated rings. The van der Waals surface area contributed by atoms with Crippen LogP contribution in [0, 0.1) is 0 Å². The predicted octanol–water partition coefficient (Wildman–Crippen LogP) is 2.62. The molecule has 4 aromatic rings.